The van der Waals surface area contributed by atoms with E-state index in [2.05, 4.69) is 65.1 Å². The van der Waals surface area contributed by atoms with E-state index in [-0.39, 0.29) is 0 Å². The molecular formula is C18H31NO. The summed E-state index contributed by atoms with van der Waals surface area (Å²) in [5.74, 6) is 3.09. The largest absolute Gasteiger partial charge is 0.496 e. The number of nitrogens with one attached hydrogen (secondary N) is 1. The molecule has 0 bridgehead atoms. The Balaban J connectivity index is 2.73. The molecule has 0 aliphatic carbocycles. The van der Waals surface area contributed by atoms with E-state index in [1.165, 1.54) is 11.1 Å². The number of hydrogen-bond acceptors (Lipinski definition) is 2. The smallest absolute Gasteiger partial charge is 0.123 e. The van der Waals surface area contributed by atoms with E-state index in [1.807, 2.05) is 0 Å². The Morgan fingerprint density at radius 1 is 1.05 bits per heavy atom. The highest BCUT2D eigenvalue weighted by Crippen LogP contribution is 2.27. The number of aryl methyl sites for hydroxylation is 1. The molecule has 0 aromatic heterocycles. The van der Waals surface area contributed by atoms with Gasteiger partial charge < -0.3 is 10.1 Å². The minimum atomic E-state index is 0.311. The zero-order chi connectivity index (χ0) is 15.3. The molecule has 0 saturated carbocycles. The van der Waals surface area contributed by atoms with Crippen LogP contribution < -0.4 is 10.1 Å². The van der Waals surface area contributed by atoms with Crippen molar-refractivity contribution < 1.29 is 4.74 Å². The molecule has 0 heterocycles. The van der Waals surface area contributed by atoms with Gasteiger partial charge in [0, 0.05) is 11.6 Å². The van der Waals surface area contributed by atoms with E-state index in [4.69, 9.17) is 4.74 Å². The highest BCUT2D eigenvalue weighted by molar-refractivity contribution is 5.39. The van der Waals surface area contributed by atoms with Gasteiger partial charge in [-0.3, -0.25) is 0 Å². The third-order valence-corrected chi connectivity index (χ3v) is 4.23. The van der Waals surface area contributed by atoms with E-state index >= 15 is 0 Å². The Morgan fingerprint density at radius 2 is 1.65 bits per heavy atom. The first kappa shape index (κ1) is 17.0. The molecule has 0 fully saturated rings. The van der Waals surface area contributed by atoms with Crippen molar-refractivity contribution in [2.45, 2.75) is 47.6 Å². The average Bonchev–Trinajstić information content (AvgIpc) is 2.37. The standard InChI is InChI=1S/C18H31NO/c1-12(2)17(13(3)4)11-19-15(6)16-9-8-14(5)10-18(16)20-7/h8-10,12-13,15,17,19H,11H2,1-7H3. The summed E-state index contributed by atoms with van der Waals surface area (Å²) in [6.45, 7) is 14.6. The van der Waals surface area contributed by atoms with Crippen LogP contribution in [0.2, 0.25) is 0 Å². The second-order valence-corrected chi connectivity index (χ2v) is 6.53. The molecule has 2 nitrogen and oxygen atoms in total. The first-order valence-corrected chi connectivity index (χ1v) is 7.74. The van der Waals surface area contributed by atoms with Crippen molar-refractivity contribution in [3.8, 4) is 5.75 Å². The maximum absolute atomic E-state index is 5.51. The fourth-order valence-corrected chi connectivity index (χ4v) is 2.84. The minimum Gasteiger partial charge on any atom is -0.496 e. The molecule has 0 amide bonds. The lowest BCUT2D eigenvalue weighted by Crippen LogP contribution is -2.31. The van der Waals surface area contributed by atoms with Crippen LogP contribution in [0.3, 0.4) is 0 Å². The zero-order valence-electron chi connectivity index (χ0n) is 14.2. The Labute approximate surface area is 124 Å². The molecule has 0 aliphatic rings. The van der Waals surface area contributed by atoms with Gasteiger partial charge in [-0.1, -0.05) is 39.8 Å². The summed E-state index contributed by atoms with van der Waals surface area (Å²) < 4.78 is 5.51. The Hall–Kier alpha value is -1.02. The molecule has 0 aliphatic heterocycles. The summed E-state index contributed by atoms with van der Waals surface area (Å²) in [6, 6.07) is 6.74. The van der Waals surface area contributed by atoms with Gasteiger partial charge in [0.15, 0.2) is 0 Å². The molecule has 1 aromatic carbocycles. The summed E-state index contributed by atoms with van der Waals surface area (Å²) >= 11 is 0. The van der Waals surface area contributed by atoms with Crippen LogP contribution in [0.15, 0.2) is 18.2 Å². The maximum Gasteiger partial charge on any atom is 0.123 e. The Morgan fingerprint density at radius 3 is 2.15 bits per heavy atom. The second kappa shape index (κ2) is 7.68. The fraction of sp³-hybridized carbons (Fsp3) is 0.667. The van der Waals surface area contributed by atoms with Crippen LogP contribution in [-0.4, -0.2) is 13.7 Å². The van der Waals surface area contributed by atoms with Crippen LogP contribution in [-0.2, 0) is 0 Å². The topological polar surface area (TPSA) is 21.3 Å². The van der Waals surface area contributed by atoms with Crippen LogP contribution in [0.25, 0.3) is 0 Å². The Kier molecular flexibility index (Phi) is 6.54. The molecule has 1 atom stereocenters. The van der Waals surface area contributed by atoms with Crippen LogP contribution in [0, 0.1) is 24.7 Å². The number of hydrogen-bond donors (Lipinski definition) is 1. The molecule has 1 unspecified atom stereocenters. The van der Waals surface area contributed by atoms with Crippen molar-refractivity contribution >= 4 is 0 Å². The zero-order valence-corrected chi connectivity index (χ0v) is 14.2. The van der Waals surface area contributed by atoms with Gasteiger partial charge in [0.1, 0.15) is 5.75 Å². The predicted octanol–water partition coefficient (Wildman–Crippen LogP) is 4.58. The molecule has 20 heavy (non-hydrogen) atoms. The van der Waals surface area contributed by atoms with Gasteiger partial charge in [0.05, 0.1) is 7.11 Å². The van der Waals surface area contributed by atoms with Gasteiger partial charge in [-0.05, 0) is 49.8 Å². The lowest BCUT2D eigenvalue weighted by Gasteiger charge is -2.27. The monoisotopic (exact) mass is 277 g/mol. The van der Waals surface area contributed by atoms with Crippen molar-refractivity contribution in [3.63, 3.8) is 0 Å². The molecule has 0 spiro atoms. The summed E-state index contributed by atoms with van der Waals surface area (Å²) in [5, 5.41) is 3.68. The van der Waals surface area contributed by atoms with Gasteiger partial charge in [0.25, 0.3) is 0 Å². The summed E-state index contributed by atoms with van der Waals surface area (Å²) in [5.41, 5.74) is 2.48. The van der Waals surface area contributed by atoms with Crippen molar-refractivity contribution in [2.75, 3.05) is 13.7 Å². The number of ether oxygens (including phenoxy) is 1. The molecule has 2 heteroatoms. The van der Waals surface area contributed by atoms with Crippen LogP contribution >= 0.6 is 0 Å². The third kappa shape index (κ3) is 4.52. The first-order chi connectivity index (χ1) is 9.36. The van der Waals surface area contributed by atoms with Gasteiger partial charge in [0.2, 0.25) is 0 Å². The van der Waals surface area contributed by atoms with Gasteiger partial charge in [-0.2, -0.15) is 0 Å². The van der Waals surface area contributed by atoms with Crippen LogP contribution in [0.4, 0.5) is 0 Å². The van der Waals surface area contributed by atoms with Gasteiger partial charge in [-0.25, -0.2) is 0 Å². The van der Waals surface area contributed by atoms with Gasteiger partial charge in [-0.15, -0.1) is 0 Å². The lowest BCUT2D eigenvalue weighted by molar-refractivity contribution is 0.267. The van der Waals surface area contributed by atoms with E-state index in [0.29, 0.717) is 23.8 Å². The summed E-state index contributed by atoms with van der Waals surface area (Å²) in [6.07, 6.45) is 0. The van der Waals surface area contributed by atoms with E-state index in [0.717, 1.165) is 12.3 Å². The molecule has 1 rings (SSSR count). The maximum atomic E-state index is 5.51. The van der Waals surface area contributed by atoms with E-state index in [1.54, 1.807) is 7.11 Å². The summed E-state index contributed by atoms with van der Waals surface area (Å²) in [4.78, 5) is 0. The van der Waals surface area contributed by atoms with Crippen LogP contribution in [0.5, 0.6) is 5.75 Å². The van der Waals surface area contributed by atoms with E-state index in [9.17, 15) is 0 Å². The number of methoxy groups -OCH3 is 1. The van der Waals surface area contributed by atoms with Gasteiger partial charge >= 0.3 is 0 Å². The van der Waals surface area contributed by atoms with Crippen molar-refractivity contribution in [1.29, 1.82) is 0 Å². The van der Waals surface area contributed by atoms with Crippen molar-refractivity contribution in [2.24, 2.45) is 17.8 Å². The predicted molar refractivity (Wildman–Crippen MR) is 87.3 cm³/mol. The minimum absolute atomic E-state index is 0.311. The number of rotatable bonds is 7. The average molecular weight is 277 g/mol. The lowest BCUT2D eigenvalue weighted by atomic mass is 9.85. The van der Waals surface area contributed by atoms with Crippen LogP contribution in [0.1, 0.15) is 51.8 Å². The molecule has 1 aromatic rings. The normalized spacial score (nSPS) is 13.3. The SMILES string of the molecule is COc1cc(C)ccc1C(C)NCC(C(C)C)C(C)C. The molecule has 0 radical (unpaired) electrons. The van der Waals surface area contributed by atoms with E-state index < -0.39 is 0 Å². The molecule has 114 valence electrons. The third-order valence-electron chi connectivity index (χ3n) is 4.23. The quantitative estimate of drug-likeness (QED) is 0.787. The highest BCUT2D eigenvalue weighted by Gasteiger charge is 2.19. The van der Waals surface area contributed by atoms with Crippen molar-refractivity contribution in [3.05, 3.63) is 29.3 Å². The second-order valence-electron chi connectivity index (χ2n) is 6.53. The Bertz CT molecular complexity index is 404. The highest BCUT2D eigenvalue weighted by atomic mass is 16.5. The molecular weight excluding hydrogens is 246 g/mol. The fourth-order valence-electron chi connectivity index (χ4n) is 2.84. The molecule has 1 N–H and O–H groups in total. The first-order valence-electron chi connectivity index (χ1n) is 7.74. The molecule has 0 saturated heterocycles. The number of benzene rings is 1. The van der Waals surface area contributed by atoms with Crippen molar-refractivity contribution in [1.82, 2.24) is 5.32 Å². The summed E-state index contributed by atoms with van der Waals surface area (Å²) in [7, 11) is 1.75.